The molecule has 0 unspecified atom stereocenters. The van der Waals surface area contributed by atoms with E-state index in [0.717, 1.165) is 5.52 Å². The normalized spacial score (nSPS) is 11.1. The molecular weight excluding hydrogens is 228 g/mol. The van der Waals surface area contributed by atoms with Gasteiger partial charge in [0.2, 0.25) is 0 Å². The van der Waals surface area contributed by atoms with E-state index in [1.807, 2.05) is 0 Å². The van der Waals surface area contributed by atoms with Crippen molar-refractivity contribution < 1.29 is 9.52 Å². The Hall–Kier alpha value is -1.94. The van der Waals surface area contributed by atoms with E-state index in [1.165, 1.54) is 0 Å². The molecule has 0 atom stereocenters. The molecule has 16 heavy (non-hydrogen) atoms. The fourth-order valence-electron chi connectivity index (χ4n) is 1.62. The van der Waals surface area contributed by atoms with Gasteiger partial charge in [0.25, 0.3) is 0 Å². The molecule has 0 bridgehead atoms. The summed E-state index contributed by atoms with van der Waals surface area (Å²) in [4.78, 5) is 4.20. The van der Waals surface area contributed by atoms with E-state index in [-0.39, 0.29) is 5.75 Å². The molecule has 0 saturated heterocycles. The Balaban J connectivity index is 2.37. The number of halogens is 1. The van der Waals surface area contributed by atoms with E-state index >= 15 is 0 Å². The Morgan fingerprint density at radius 2 is 2.19 bits per heavy atom. The lowest BCUT2D eigenvalue weighted by Gasteiger charge is -1.98. The summed E-state index contributed by atoms with van der Waals surface area (Å²) < 4.78 is 6.95. The second kappa shape index (κ2) is 3.28. The average molecular weight is 235 g/mol. The standard InChI is InChI=1S/C11H7ClN2O2/c12-10-8-4-3-7(15)6-14(8)11(13-10)9-2-1-5-16-9/h1-6,15H. The Morgan fingerprint density at radius 3 is 2.94 bits per heavy atom. The molecule has 3 aromatic rings. The summed E-state index contributed by atoms with van der Waals surface area (Å²) in [6, 6.07) is 6.83. The van der Waals surface area contributed by atoms with Crippen LogP contribution in [0.1, 0.15) is 0 Å². The zero-order valence-electron chi connectivity index (χ0n) is 8.09. The fraction of sp³-hybridized carbons (Fsp3) is 0. The number of rotatable bonds is 1. The largest absolute Gasteiger partial charge is 0.506 e. The molecular formula is C11H7ClN2O2. The molecule has 0 aliphatic carbocycles. The SMILES string of the molecule is Oc1ccc2c(Cl)nc(-c3ccco3)n2c1. The number of aromatic nitrogens is 2. The molecule has 1 N–H and O–H groups in total. The Morgan fingerprint density at radius 1 is 1.31 bits per heavy atom. The van der Waals surface area contributed by atoms with E-state index in [9.17, 15) is 5.11 Å². The predicted molar refractivity (Wildman–Crippen MR) is 59.6 cm³/mol. The number of imidazole rings is 1. The van der Waals surface area contributed by atoms with E-state index < -0.39 is 0 Å². The van der Waals surface area contributed by atoms with E-state index in [2.05, 4.69) is 4.98 Å². The average Bonchev–Trinajstić information content (AvgIpc) is 2.86. The predicted octanol–water partition coefficient (Wildman–Crippen LogP) is 2.95. The Bertz CT molecular complexity index is 643. The van der Waals surface area contributed by atoms with Gasteiger partial charge >= 0.3 is 0 Å². The van der Waals surface area contributed by atoms with Crippen LogP contribution in [-0.2, 0) is 0 Å². The number of nitrogens with zero attached hydrogens (tertiary/aromatic N) is 2. The zero-order chi connectivity index (χ0) is 11.1. The third-order valence-corrected chi connectivity index (χ3v) is 2.60. The summed E-state index contributed by atoms with van der Waals surface area (Å²) in [6.07, 6.45) is 3.11. The number of hydrogen-bond acceptors (Lipinski definition) is 3. The van der Waals surface area contributed by atoms with Gasteiger partial charge in [0, 0.05) is 0 Å². The summed E-state index contributed by atoms with van der Waals surface area (Å²) in [7, 11) is 0. The van der Waals surface area contributed by atoms with Gasteiger partial charge in [-0.15, -0.1) is 0 Å². The lowest BCUT2D eigenvalue weighted by atomic mass is 10.4. The molecule has 3 aromatic heterocycles. The van der Waals surface area contributed by atoms with Crippen LogP contribution in [0.4, 0.5) is 0 Å². The van der Waals surface area contributed by atoms with Crippen LogP contribution in [0.15, 0.2) is 41.1 Å². The molecule has 0 saturated carbocycles. The van der Waals surface area contributed by atoms with Gasteiger partial charge in [0.1, 0.15) is 5.75 Å². The number of fused-ring (bicyclic) bond motifs is 1. The maximum Gasteiger partial charge on any atom is 0.182 e. The maximum atomic E-state index is 9.44. The van der Waals surface area contributed by atoms with Gasteiger partial charge in [-0.2, -0.15) is 0 Å². The smallest absolute Gasteiger partial charge is 0.182 e. The number of furan rings is 1. The zero-order valence-corrected chi connectivity index (χ0v) is 8.85. The van der Waals surface area contributed by atoms with E-state index in [4.69, 9.17) is 16.0 Å². The van der Waals surface area contributed by atoms with Crippen molar-refractivity contribution in [3.8, 4) is 17.3 Å². The van der Waals surface area contributed by atoms with Gasteiger partial charge in [0.15, 0.2) is 16.7 Å². The summed E-state index contributed by atoms with van der Waals surface area (Å²) in [5.41, 5.74) is 0.728. The molecule has 0 fully saturated rings. The van der Waals surface area contributed by atoms with Crippen LogP contribution in [0.2, 0.25) is 5.15 Å². The van der Waals surface area contributed by atoms with Crippen molar-refractivity contribution in [3.63, 3.8) is 0 Å². The summed E-state index contributed by atoms with van der Waals surface area (Å²) in [6.45, 7) is 0. The summed E-state index contributed by atoms with van der Waals surface area (Å²) in [5, 5.41) is 9.82. The van der Waals surface area contributed by atoms with Crippen LogP contribution in [0, 0.1) is 0 Å². The Kier molecular flexibility index (Phi) is 1.91. The van der Waals surface area contributed by atoms with Crippen LogP contribution in [-0.4, -0.2) is 14.5 Å². The van der Waals surface area contributed by atoms with Crippen molar-refractivity contribution in [1.29, 1.82) is 0 Å². The van der Waals surface area contributed by atoms with Crippen LogP contribution >= 0.6 is 11.6 Å². The van der Waals surface area contributed by atoms with Gasteiger partial charge in [-0.3, -0.25) is 4.40 Å². The molecule has 0 amide bonds. The molecule has 0 aromatic carbocycles. The first-order chi connectivity index (χ1) is 7.75. The van der Waals surface area contributed by atoms with E-state index in [0.29, 0.717) is 16.7 Å². The van der Waals surface area contributed by atoms with Gasteiger partial charge in [-0.25, -0.2) is 4.98 Å². The van der Waals surface area contributed by atoms with Gasteiger partial charge in [-0.05, 0) is 24.3 Å². The molecule has 3 rings (SSSR count). The lowest BCUT2D eigenvalue weighted by molar-refractivity contribution is 0.472. The van der Waals surface area contributed by atoms with Crippen molar-refractivity contribution in [1.82, 2.24) is 9.38 Å². The minimum atomic E-state index is 0.148. The van der Waals surface area contributed by atoms with Crippen molar-refractivity contribution in [2.45, 2.75) is 0 Å². The minimum absolute atomic E-state index is 0.148. The topological polar surface area (TPSA) is 50.7 Å². The highest BCUT2D eigenvalue weighted by molar-refractivity contribution is 6.32. The highest BCUT2D eigenvalue weighted by atomic mass is 35.5. The van der Waals surface area contributed by atoms with Crippen LogP contribution in [0.5, 0.6) is 5.75 Å². The van der Waals surface area contributed by atoms with Crippen molar-refractivity contribution in [2.75, 3.05) is 0 Å². The molecule has 4 nitrogen and oxygen atoms in total. The van der Waals surface area contributed by atoms with Gasteiger partial charge < -0.3 is 9.52 Å². The monoisotopic (exact) mass is 234 g/mol. The molecule has 0 aliphatic rings. The van der Waals surface area contributed by atoms with Crippen molar-refractivity contribution in [2.24, 2.45) is 0 Å². The van der Waals surface area contributed by atoms with E-state index in [1.54, 1.807) is 41.1 Å². The summed E-state index contributed by atoms with van der Waals surface area (Å²) in [5.74, 6) is 1.32. The second-order valence-corrected chi connectivity index (χ2v) is 3.70. The molecule has 0 radical (unpaired) electrons. The molecule has 80 valence electrons. The quantitative estimate of drug-likeness (QED) is 0.704. The number of aromatic hydroxyl groups is 1. The molecule has 5 heteroatoms. The highest BCUT2D eigenvalue weighted by Crippen LogP contribution is 2.27. The third kappa shape index (κ3) is 1.27. The number of pyridine rings is 1. The first-order valence-corrected chi connectivity index (χ1v) is 5.04. The molecule has 0 spiro atoms. The Labute approximate surface area is 95.7 Å². The lowest BCUT2D eigenvalue weighted by Crippen LogP contribution is -1.86. The van der Waals surface area contributed by atoms with Crippen molar-refractivity contribution in [3.05, 3.63) is 41.9 Å². The molecule has 0 aliphatic heterocycles. The fourth-order valence-corrected chi connectivity index (χ4v) is 1.85. The first kappa shape index (κ1) is 9.30. The molecule has 3 heterocycles. The number of hydrogen-bond donors (Lipinski definition) is 1. The highest BCUT2D eigenvalue weighted by Gasteiger charge is 2.13. The maximum absolute atomic E-state index is 9.44. The van der Waals surface area contributed by atoms with Gasteiger partial charge in [-0.1, -0.05) is 11.6 Å². The van der Waals surface area contributed by atoms with Gasteiger partial charge in [0.05, 0.1) is 18.0 Å². The first-order valence-electron chi connectivity index (χ1n) is 4.66. The van der Waals surface area contributed by atoms with Crippen molar-refractivity contribution >= 4 is 17.1 Å². The van der Waals surface area contributed by atoms with Crippen LogP contribution in [0.25, 0.3) is 17.1 Å². The third-order valence-electron chi connectivity index (χ3n) is 2.32. The van der Waals surface area contributed by atoms with Crippen LogP contribution < -0.4 is 0 Å². The minimum Gasteiger partial charge on any atom is -0.506 e. The summed E-state index contributed by atoms with van der Waals surface area (Å²) >= 11 is 5.99. The second-order valence-electron chi connectivity index (χ2n) is 3.35. The van der Waals surface area contributed by atoms with Crippen LogP contribution in [0.3, 0.4) is 0 Å².